The molecule has 0 bridgehead atoms. The second-order valence-corrected chi connectivity index (χ2v) is 4.77. The number of likely N-dealkylation sites (tertiary alicyclic amines) is 1. The fraction of sp³-hybridized carbons (Fsp3) is 0.417. The van der Waals surface area contributed by atoms with Crippen LogP contribution in [0.25, 0.3) is 11.8 Å². The minimum atomic E-state index is -0.650. The zero-order chi connectivity index (χ0) is 11.5. The van der Waals surface area contributed by atoms with Crippen LogP contribution in [0.3, 0.4) is 0 Å². The molecule has 86 valence electrons. The van der Waals surface area contributed by atoms with Crippen LogP contribution in [-0.4, -0.2) is 29.1 Å². The summed E-state index contributed by atoms with van der Waals surface area (Å²) in [4.78, 5) is 6.50. The Kier molecular flexibility index (Phi) is 3.39. The number of aromatic nitrogens is 1. The van der Waals surface area contributed by atoms with E-state index in [1.807, 2.05) is 5.38 Å². The summed E-state index contributed by atoms with van der Waals surface area (Å²) in [5.74, 6) is 0. The number of alkyl halides is 1. The molecule has 0 spiro atoms. The summed E-state index contributed by atoms with van der Waals surface area (Å²) >= 11 is 1.55. The third-order valence-corrected chi connectivity index (χ3v) is 3.64. The van der Waals surface area contributed by atoms with Crippen molar-refractivity contribution >= 4 is 23.1 Å². The van der Waals surface area contributed by atoms with E-state index in [9.17, 15) is 4.39 Å². The lowest BCUT2D eigenvalue weighted by Gasteiger charge is -2.31. The zero-order valence-corrected chi connectivity index (χ0v) is 9.97. The predicted octanol–water partition coefficient (Wildman–Crippen LogP) is 3.19. The lowest BCUT2D eigenvalue weighted by molar-refractivity contribution is 0.197. The highest BCUT2D eigenvalue weighted by Crippen LogP contribution is 2.24. The Morgan fingerprint density at radius 2 is 2.25 bits per heavy atom. The molecular formula is C12H15FN2S. The average molecular weight is 238 g/mol. The van der Waals surface area contributed by atoms with E-state index in [1.54, 1.807) is 17.4 Å². The summed E-state index contributed by atoms with van der Waals surface area (Å²) in [6.07, 6.45) is 2.27. The summed E-state index contributed by atoms with van der Waals surface area (Å²) in [6.45, 7) is 9.19. The summed E-state index contributed by atoms with van der Waals surface area (Å²) in [6, 6.07) is 0. The van der Waals surface area contributed by atoms with Gasteiger partial charge in [0.2, 0.25) is 0 Å². The predicted molar refractivity (Wildman–Crippen MR) is 66.9 cm³/mol. The monoisotopic (exact) mass is 238 g/mol. The molecule has 1 aromatic rings. The Morgan fingerprint density at radius 1 is 1.56 bits per heavy atom. The van der Waals surface area contributed by atoms with Crippen molar-refractivity contribution < 1.29 is 4.39 Å². The Hall–Kier alpha value is -1.16. The van der Waals surface area contributed by atoms with Gasteiger partial charge in [0.25, 0.3) is 0 Å². The molecule has 16 heavy (non-hydrogen) atoms. The van der Waals surface area contributed by atoms with Crippen LogP contribution >= 0.6 is 11.3 Å². The topological polar surface area (TPSA) is 16.1 Å². The standard InChI is InChI=1S/C12H15FN2S/c1-3-12-14-11(8-16-12)9(2)15-6-4-10(13)5-7-15/h3,8,10H,1-2,4-7H2. The molecule has 0 radical (unpaired) electrons. The lowest BCUT2D eigenvalue weighted by atomic mass is 10.1. The average Bonchev–Trinajstić information content (AvgIpc) is 2.77. The summed E-state index contributed by atoms with van der Waals surface area (Å²) in [7, 11) is 0. The van der Waals surface area contributed by atoms with Gasteiger partial charge in [0.1, 0.15) is 11.2 Å². The maximum absolute atomic E-state index is 13.0. The fourth-order valence-electron chi connectivity index (χ4n) is 1.79. The zero-order valence-electron chi connectivity index (χ0n) is 9.16. The van der Waals surface area contributed by atoms with Gasteiger partial charge < -0.3 is 4.90 Å². The largest absolute Gasteiger partial charge is 0.370 e. The van der Waals surface area contributed by atoms with Crippen LogP contribution in [0.2, 0.25) is 0 Å². The van der Waals surface area contributed by atoms with Crippen molar-refractivity contribution in [1.29, 1.82) is 0 Å². The molecular weight excluding hydrogens is 223 g/mol. The van der Waals surface area contributed by atoms with Gasteiger partial charge >= 0.3 is 0 Å². The van der Waals surface area contributed by atoms with E-state index in [-0.39, 0.29) is 0 Å². The summed E-state index contributed by atoms with van der Waals surface area (Å²) < 4.78 is 13.0. The van der Waals surface area contributed by atoms with Crippen molar-refractivity contribution in [2.24, 2.45) is 0 Å². The summed E-state index contributed by atoms with van der Waals surface area (Å²) in [5, 5.41) is 2.87. The molecule has 0 atom stereocenters. The van der Waals surface area contributed by atoms with Crippen molar-refractivity contribution in [2.45, 2.75) is 19.0 Å². The van der Waals surface area contributed by atoms with Gasteiger partial charge in [-0.25, -0.2) is 9.37 Å². The van der Waals surface area contributed by atoms with Gasteiger partial charge in [-0.1, -0.05) is 13.2 Å². The highest BCUT2D eigenvalue weighted by atomic mass is 32.1. The normalized spacial score (nSPS) is 17.4. The second kappa shape index (κ2) is 4.78. The molecule has 0 N–H and O–H groups in total. The molecule has 1 saturated heterocycles. The van der Waals surface area contributed by atoms with Crippen molar-refractivity contribution in [1.82, 2.24) is 9.88 Å². The maximum Gasteiger partial charge on any atom is 0.116 e. The Bertz CT molecular complexity index is 391. The van der Waals surface area contributed by atoms with Gasteiger partial charge in [-0.15, -0.1) is 11.3 Å². The van der Waals surface area contributed by atoms with Gasteiger partial charge in [-0.2, -0.15) is 0 Å². The number of rotatable bonds is 3. The van der Waals surface area contributed by atoms with E-state index in [1.165, 1.54) is 0 Å². The summed E-state index contributed by atoms with van der Waals surface area (Å²) in [5.41, 5.74) is 1.79. The van der Waals surface area contributed by atoms with Crippen molar-refractivity contribution in [3.63, 3.8) is 0 Å². The van der Waals surface area contributed by atoms with Gasteiger partial charge in [0.05, 0.1) is 11.4 Å². The van der Waals surface area contributed by atoms with Crippen molar-refractivity contribution in [3.05, 3.63) is 29.2 Å². The molecule has 2 nitrogen and oxygen atoms in total. The molecule has 0 unspecified atom stereocenters. The Balaban J connectivity index is 2.04. The van der Waals surface area contributed by atoms with Crippen LogP contribution in [0.4, 0.5) is 4.39 Å². The molecule has 1 aliphatic heterocycles. The van der Waals surface area contributed by atoms with Crippen LogP contribution in [0.5, 0.6) is 0 Å². The molecule has 0 aromatic carbocycles. The number of hydrogen-bond donors (Lipinski definition) is 0. The van der Waals surface area contributed by atoms with Gasteiger partial charge in [0.15, 0.2) is 0 Å². The maximum atomic E-state index is 13.0. The molecule has 0 amide bonds. The first-order valence-corrected chi connectivity index (χ1v) is 6.25. The van der Waals surface area contributed by atoms with Crippen LogP contribution in [0.15, 0.2) is 18.5 Å². The smallest absolute Gasteiger partial charge is 0.116 e. The van der Waals surface area contributed by atoms with E-state index in [0.29, 0.717) is 12.8 Å². The van der Waals surface area contributed by atoms with E-state index < -0.39 is 6.17 Å². The highest BCUT2D eigenvalue weighted by Gasteiger charge is 2.20. The van der Waals surface area contributed by atoms with Crippen LogP contribution in [0, 0.1) is 0 Å². The van der Waals surface area contributed by atoms with E-state index in [0.717, 1.165) is 29.5 Å². The van der Waals surface area contributed by atoms with Crippen molar-refractivity contribution in [2.75, 3.05) is 13.1 Å². The van der Waals surface area contributed by atoms with Gasteiger partial charge in [-0.05, 0) is 18.9 Å². The number of thiazole rings is 1. The van der Waals surface area contributed by atoms with E-state index in [4.69, 9.17) is 0 Å². The minimum absolute atomic E-state index is 0.595. The number of nitrogens with zero attached hydrogens (tertiary/aromatic N) is 2. The third kappa shape index (κ3) is 2.32. The fourth-order valence-corrected chi connectivity index (χ4v) is 2.46. The highest BCUT2D eigenvalue weighted by molar-refractivity contribution is 7.10. The number of hydrogen-bond acceptors (Lipinski definition) is 3. The van der Waals surface area contributed by atoms with E-state index >= 15 is 0 Å². The molecule has 0 saturated carbocycles. The van der Waals surface area contributed by atoms with Crippen LogP contribution in [0.1, 0.15) is 23.5 Å². The quantitative estimate of drug-likeness (QED) is 0.804. The van der Waals surface area contributed by atoms with Crippen LogP contribution in [-0.2, 0) is 0 Å². The molecule has 2 rings (SSSR count). The molecule has 1 aromatic heterocycles. The van der Waals surface area contributed by atoms with Crippen molar-refractivity contribution in [3.8, 4) is 0 Å². The SMILES string of the molecule is C=Cc1nc(C(=C)N2CCC(F)CC2)cs1. The van der Waals surface area contributed by atoms with Crippen LogP contribution < -0.4 is 0 Å². The molecule has 0 aliphatic carbocycles. The Labute approximate surface area is 99.1 Å². The molecule has 1 aliphatic rings. The minimum Gasteiger partial charge on any atom is -0.370 e. The first kappa shape index (κ1) is 11.3. The molecule has 1 fully saturated rings. The first-order chi connectivity index (χ1) is 7.70. The lowest BCUT2D eigenvalue weighted by Crippen LogP contribution is -2.32. The second-order valence-electron chi connectivity index (χ2n) is 3.88. The van der Waals surface area contributed by atoms with Gasteiger partial charge in [0, 0.05) is 18.5 Å². The Morgan fingerprint density at radius 3 is 2.81 bits per heavy atom. The van der Waals surface area contributed by atoms with Gasteiger partial charge in [-0.3, -0.25) is 0 Å². The van der Waals surface area contributed by atoms with E-state index in [2.05, 4.69) is 23.0 Å². The number of piperidine rings is 1. The molecule has 2 heterocycles. The first-order valence-electron chi connectivity index (χ1n) is 5.37. The molecule has 4 heteroatoms. The third-order valence-electron chi connectivity index (χ3n) is 2.80. The number of halogens is 1.